The molecule has 1 heterocycles. The van der Waals surface area contributed by atoms with Gasteiger partial charge in [0.05, 0.1) is 18.1 Å². The van der Waals surface area contributed by atoms with Gasteiger partial charge in [-0.3, -0.25) is 4.79 Å². The van der Waals surface area contributed by atoms with Crippen LogP contribution in [-0.4, -0.2) is 54.4 Å². The van der Waals surface area contributed by atoms with E-state index in [-0.39, 0.29) is 18.2 Å². The molecule has 0 bridgehead atoms. The number of carboxylic acids is 1. The molecule has 102 valence electrons. The molecule has 3 atom stereocenters. The molecular formula is C12H20N2O4. The van der Waals surface area contributed by atoms with Crippen LogP contribution in [0, 0.1) is 5.92 Å². The van der Waals surface area contributed by atoms with Gasteiger partial charge in [0.15, 0.2) is 0 Å². The smallest absolute Gasteiger partial charge is 0.317 e. The van der Waals surface area contributed by atoms with Gasteiger partial charge in [0, 0.05) is 20.2 Å². The molecule has 18 heavy (non-hydrogen) atoms. The Morgan fingerprint density at radius 3 is 2.72 bits per heavy atom. The van der Waals surface area contributed by atoms with Gasteiger partial charge in [-0.05, 0) is 25.7 Å². The van der Waals surface area contributed by atoms with Crippen LogP contribution in [0.3, 0.4) is 0 Å². The highest BCUT2D eigenvalue weighted by atomic mass is 16.5. The van der Waals surface area contributed by atoms with Crippen molar-refractivity contribution in [2.75, 3.05) is 20.2 Å². The minimum Gasteiger partial charge on any atom is -0.481 e. The number of carbonyl (C=O) groups excluding carboxylic acids is 1. The molecule has 2 N–H and O–H groups in total. The second-order valence-corrected chi connectivity index (χ2v) is 5.03. The molecule has 1 aliphatic heterocycles. The lowest BCUT2D eigenvalue weighted by Gasteiger charge is -2.23. The Bertz CT molecular complexity index is 334. The van der Waals surface area contributed by atoms with E-state index in [4.69, 9.17) is 9.84 Å². The monoisotopic (exact) mass is 256 g/mol. The van der Waals surface area contributed by atoms with Crippen molar-refractivity contribution in [3.8, 4) is 0 Å². The van der Waals surface area contributed by atoms with E-state index in [1.54, 1.807) is 12.0 Å². The number of aliphatic carboxylic acids is 1. The van der Waals surface area contributed by atoms with Crippen molar-refractivity contribution in [3.05, 3.63) is 0 Å². The number of ether oxygens (including phenoxy) is 1. The van der Waals surface area contributed by atoms with Crippen molar-refractivity contribution in [1.82, 2.24) is 10.2 Å². The van der Waals surface area contributed by atoms with E-state index < -0.39 is 11.9 Å². The van der Waals surface area contributed by atoms with Crippen LogP contribution >= 0.6 is 0 Å². The van der Waals surface area contributed by atoms with Gasteiger partial charge in [-0.15, -0.1) is 0 Å². The zero-order chi connectivity index (χ0) is 13.1. The van der Waals surface area contributed by atoms with Crippen LogP contribution in [0.15, 0.2) is 0 Å². The number of nitrogens with zero attached hydrogens (tertiary/aromatic N) is 1. The fourth-order valence-corrected chi connectivity index (χ4v) is 2.77. The number of hydrogen-bond donors (Lipinski definition) is 2. The zero-order valence-electron chi connectivity index (χ0n) is 10.6. The summed E-state index contributed by atoms with van der Waals surface area (Å²) >= 11 is 0. The number of urea groups is 1. The molecule has 0 spiro atoms. The van der Waals surface area contributed by atoms with Gasteiger partial charge in [0.2, 0.25) is 0 Å². The summed E-state index contributed by atoms with van der Waals surface area (Å²) in [5.41, 5.74) is 0. The normalized spacial score (nSPS) is 31.6. The van der Waals surface area contributed by atoms with E-state index in [1.165, 1.54) is 0 Å². The Balaban J connectivity index is 1.83. The lowest BCUT2D eigenvalue weighted by molar-refractivity contribution is -0.141. The maximum absolute atomic E-state index is 12.0. The largest absolute Gasteiger partial charge is 0.481 e. The number of rotatable bonds is 3. The van der Waals surface area contributed by atoms with E-state index in [1.807, 2.05) is 0 Å². The average Bonchev–Trinajstić information content (AvgIpc) is 2.96. The molecule has 2 fully saturated rings. The van der Waals surface area contributed by atoms with Gasteiger partial charge < -0.3 is 20.1 Å². The van der Waals surface area contributed by atoms with Crippen molar-refractivity contribution in [2.24, 2.45) is 5.92 Å². The van der Waals surface area contributed by atoms with E-state index in [2.05, 4.69) is 5.32 Å². The third kappa shape index (κ3) is 2.75. The molecule has 0 aromatic heterocycles. The summed E-state index contributed by atoms with van der Waals surface area (Å²) in [6.45, 7) is 0.832. The van der Waals surface area contributed by atoms with E-state index >= 15 is 0 Å². The van der Waals surface area contributed by atoms with Gasteiger partial charge in [-0.1, -0.05) is 0 Å². The van der Waals surface area contributed by atoms with E-state index in [0.29, 0.717) is 19.5 Å². The van der Waals surface area contributed by atoms with Crippen LogP contribution in [0.1, 0.15) is 25.7 Å². The van der Waals surface area contributed by atoms with Crippen LogP contribution in [0.5, 0.6) is 0 Å². The lowest BCUT2D eigenvalue weighted by atomic mass is 10.1. The molecule has 0 aromatic rings. The molecule has 1 saturated carbocycles. The molecule has 3 unspecified atom stereocenters. The third-order valence-corrected chi connectivity index (χ3v) is 3.89. The van der Waals surface area contributed by atoms with Gasteiger partial charge in [-0.2, -0.15) is 0 Å². The number of likely N-dealkylation sites (tertiary alicyclic amines) is 1. The Labute approximate surface area is 106 Å². The molecule has 2 rings (SSSR count). The van der Waals surface area contributed by atoms with Gasteiger partial charge in [-0.25, -0.2) is 4.79 Å². The molecule has 6 nitrogen and oxygen atoms in total. The first-order chi connectivity index (χ1) is 8.61. The first-order valence-electron chi connectivity index (χ1n) is 6.43. The summed E-state index contributed by atoms with van der Waals surface area (Å²) in [6, 6.07) is -0.0981. The summed E-state index contributed by atoms with van der Waals surface area (Å²) < 4.78 is 5.32. The molecule has 1 saturated heterocycles. The average molecular weight is 256 g/mol. The summed E-state index contributed by atoms with van der Waals surface area (Å²) in [6.07, 6.45) is 3.59. The molecule has 6 heteroatoms. The highest BCUT2D eigenvalue weighted by Gasteiger charge is 2.34. The third-order valence-electron chi connectivity index (χ3n) is 3.89. The second-order valence-electron chi connectivity index (χ2n) is 5.03. The zero-order valence-corrected chi connectivity index (χ0v) is 10.6. The minimum atomic E-state index is -0.819. The number of methoxy groups -OCH3 is 1. The quantitative estimate of drug-likeness (QED) is 0.778. The maximum atomic E-state index is 12.0. The molecular weight excluding hydrogens is 236 g/mol. The van der Waals surface area contributed by atoms with Crippen LogP contribution in [0.4, 0.5) is 4.79 Å². The summed E-state index contributed by atoms with van der Waals surface area (Å²) in [5, 5.41) is 11.8. The highest BCUT2D eigenvalue weighted by Crippen LogP contribution is 2.22. The molecule has 1 aliphatic carbocycles. The molecule has 2 aliphatic rings. The SMILES string of the molecule is COC1CCCC1NC(=O)N1CCC(C(=O)O)C1. The van der Waals surface area contributed by atoms with Crippen molar-refractivity contribution in [1.29, 1.82) is 0 Å². The summed E-state index contributed by atoms with van der Waals surface area (Å²) in [4.78, 5) is 24.4. The van der Waals surface area contributed by atoms with Crippen molar-refractivity contribution in [2.45, 2.75) is 37.8 Å². The van der Waals surface area contributed by atoms with Crippen molar-refractivity contribution in [3.63, 3.8) is 0 Å². The summed E-state index contributed by atoms with van der Waals surface area (Å²) in [7, 11) is 1.66. The van der Waals surface area contributed by atoms with E-state index in [9.17, 15) is 9.59 Å². The summed E-state index contributed by atoms with van der Waals surface area (Å²) in [5.74, 6) is -1.24. The minimum absolute atomic E-state index is 0.0615. The topological polar surface area (TPSA) is 78.9 Å². The van der Waals surface area contributed by atoms with Crippen LogP contribution in [0.25, 0.3) is 0 Å². The van der Waals surface area contributed by atoms with Crippen LogP contribution < -0.4 is 5.32 Å². The number of nitrogens with one attached hydrogen (secondary N) is 1. The number of amides is 2. The number of hydrogen-bond acceptors (Lipinski definition) is 3. The van der Waals surface area contributed by atoms with Crippen molar-refractivity contribution < 1.29 is 19.4 Å². The molecule has 2 amide bonds. The molecule has 0 aromatic carbocycles. The van der Waals surface area contributed by atoms with Gasteiger partial charge in [0.25, 0.3) is 0 Å². The van der Waals surface area contributed by atoms with Gasteiger partial charge in [0.1, 0.15) is 0 Å². The second kappa shape index (κ2) is 5.56. The van der Waals surface area contributed by atoms with Gasteiger partial charge >= 0.3 is 12.0 Å². The van der Waals surface area contributed by atoms with E-state index in [0.717, 1.165) is 19.3 Å². The number of carboxylic acid groups (broad SMARTS) is 1. The Morgan fingerprint density at radius 1 is 1.33 bits per heavy atom. The first-order valence-corrected chi connectivity index (χ1v) is 6.43. The van der Waals surface area contributed by atoms with Crippen molar-refractivity contribution >= 4 is 12.0 Å². The predicted octanol–water partition coefficient (Wildman–Crippen LogP) is 0.670. The Morgan fingerprint density at radius 2 is 2.11 bits per heavy atom. The Hall–Kier alpha value is -1.30. The fourth-order valence-electron chi connectivity index (χ4n) is 2.77. The van der Waals surface area contributed by atoms with Crippen LogP contribution in [0.2, 0.25) is 0 Å². The first kappa shape index (κ1) is 13.1. The maximum Gasteiger partial charge on any atom is 0.317 e. The number of carbonyl (C=O) groups is 2. The predicted molar refractivity (Wildman–Crippen MR) is 64.3 cm³/mol. The standard InChI is InChI=1S/C12H20N2O4/c1-18-10-4-2-3-9(10)13-12(17)14-6-5-8(7-14)11(15)16/h8-10H,2-7H2,1H3,(H,13,17)(H,15,16). The van der Waals surface area contributed by atoms with Crippen LogP contribution in [-0.2, 0) is 9.53 Å². The highest BCUT2D eigenvalue weighted by molar-refractivity contribution is 5.77. The fraction of sp³-hybridized carbons (Fsp3) is 0.833. The Kier molecular flexibility index (Phi) is 4.06. The lowest BCUT2D eigenvalue weighted by Crippen LogP contribution is -2.47. The molecule has 0 radical (unpaired) electrons.